The number of nitrogens with one attached hydrogen (secondary N) is 2. The summed E-state index contributed by atoms with van der Waals surface area (Å²) in [6.07, 6.45) is 0.419. The Labute approximate surface area is 167 Å². The number of rotatable bonds is 6. The van der Waals surface area contributed by atoms with Crippen molar-refractivity contribution in [1.82, 2.24) is 25.2 Å². The molecule has 0 radical (unpaired) electrons. The highest BCUT2D eigenvalue weighted by molar-refractivity contribution is 6.04. The minimum atomic E-state index is -0.619. The molecule has 0 spiro atoms. The molecule has 9 nitrogen and oxygen atoms in total. The summed E-state index contributed by atoms with van der Waals surface area (Å²) in [5.41, 5.74) is 7.52. The monoisotopic (exact) mass is 389 g/mol. The lowest BCUT2D eigenvalue weighted by Crippen LogP contribution is -2.32. The predicted molar refractivity (Wildman–Crippen MR) is 107 cm³/mol. The predicted octanol–water partition coefficient (Wildman–Crippen LogP) is 1.86. The number of nitrogens with zero attached hydrogens (tertiary/aromatic N) is 4. The molecule has 1 fully saturated rings. The van der Waals surface area contributed by atoms with E-state index < -0.39 is 12.1 Å². The third kappa shape index (κ3) is 4.29. The van der Waals surface area contributed by atoms with E-state index in [2.05, 4.69) is 25.6 Å². The molecule has 29 heavy (non-hydrogen) atoms. The maximum Gasteiger partial charge on any atom is 0.325 e. The van der Waals surface area contributed by atoms with E-state index in [-0.39, 0.29) is 30.2 Å². The SMILES string of the molecule is Nc1nc(CN2C(=O)NC(Cc3ccccc3)C2=O)nc(Nc2ccccc2)n1. The Kier molecular flexibility index (Phi) is 5.02. The van der Waals surface area contributed by atoms with E-state index in [0.29, 0.717) is 6.42 Å². The second-order valence-electron chi connectivity index (χ2n) is 6.54. The van der Waals surface area contributed by atoms with Crippen molar-refractivity contribution in [2.45, 2.75) is 19.0 Å². The van der Waals surface area contributed by atoms with Gasteiger partial charge in [-0.15, -0.1) is 0 Å². The van der Waals surface area contributed by atoms with E-state index >= 15 is 0 Å². The first-order chi connectivity index (χ1) is 14.1. The Morgan fingerprint density at radius 3 is 2.38 bits per heavy atom. The van der Waals surface area contributed by atoms with Gasteiger partial charge in [0.25, 0.3) is 5.91 Å². The first kappa shape index (κ1) is 18.4. The van der Waals surface area contributed by atoms with Crippen LogP contribution in [0.1, 0.15) is 11.4 Å². The van der Waals surface area contributed by atoms with Gasteiger partial charge < -0.3 is 16.4 Å². The number of urea groups is 1. The summed E-state index contributed by atoms with van der Waals surface area (Å²) in [5, 5.41) is 5.74. The van der Waals surface area contributed by atoms with Crippen LogP contribution in [0.4, 0.5) is 22.4 Å². The van der Waals surface area contributed by atoms with Crippen molar-refractivity contribution in [3.8, 4) is 0 Å². The molecule has 0 bridgehead atoms. The third-order valence-corrected chi connectivity index (χ3v) is 4.42. The van der Waals surface area contributed by atoms with Crippen LogP contribution in [0.15, 0.2) is 60.7 Å². The number of carbonyl (C=O) groups is 2. The van der Waals surface area contributed by atoms with Crippen LogP contribution in [0.25, 0.3) is 0 Å². The van der Waals surface area contributed by atoms with E-state index in [1.165, 1.54) is 0 Å². The zero-order chi connectivity index (χ0) is 20.2. The third-order valence-electron chi connectivity index (χ3n) is 4.42. The number of amides is 3. The van der Waals surface area contributed by atoms with Gasteiger partial charge >= 0.3 is 6.03 Å². The number of nitrogen functional groups attached to an aromatic ring is 1. The van der Waals surface area contributed by atoms with Crippen molar-refractivity contribution in [3.63, 3.8) is 0 Å². The molecule has 9 heteroatoms. The van der Waals surface area contributed by atoms with E-state index in [9.17, 15) is 9.59 Å². The second-order valence-corrected chi connectivity index (χ2v) is 6.54. The number of carbonyl (C=O) groups excluding carboxylic acids is 2. The molecular formula is C20H19N7O2. The van der Waals surface area contributed by atoms with Crippen LogP contribution >= 0.6 is 0 Å². The normalized spacial score (nSPS) is 16.0. The van der Waals surface area contributed by atoms with Crippen LogP contribution < -0.4 is 16.4 Å². The number of hydrogen-bond acceptors (Lipinski definition) is 7. The van der Waals surface area contributed by atoms with Crippen LogP contribution in [0.2, 0.25) is 0 Å². The average molecular weight is 389 g/mol. The fourth-order valence-corrected chi connectivity index (χ4v) is 3.07. The van der Waals surface area contributed by atoms with Gasteiger partial charge in [0.2, 0.25) is 11.9 Å². The zero-order valence-corrected chi connectivity index (χ0v) is 15.4. The molecule has 0 saturated carbocycles. The summed E-state index contributed by atoms with van der Waals surface area (Å²) in [6, 6.07) is 17.7. The molecule has 1 aliphatic rings. The number of benzene rings is 2. The molecule has 1 aliphatic heterocycles. The summed E-state index contributed by atoms with van der Waals surface area (Å²) >= 11 is 0. The van der Waals surface area contributed by atoms with Gasteiger partial charge in [-0.05, 0) is 17.7 Å². The summed E-state index contributed by atoms with van der Waals surface area (Å²) in [7, 11) is 0. The lowest BCUT2D eigenvalue weighted by Gasteiger charge is -2.13. The van der Waals surface area contributed by atoms with Gasteiger partial charge in [-0.25, -0.2) is 4.79 Å². The Bertz CT molecular complexity index is 1030. The molecule has 3 amide bonds. The van der Waals surface area contributed by atoms with E-state index in [1.54, 1.807) is 0 Å². The number of nitrogens with two attached hydrogens (primary N) is 1. The van der Waals surface area contributed by atoms with Gasteiger partial charge in [0.1, 0.15) is 6.04 Å². The highest BCUT2D eigenvalue weighted by atomic mass is 16.2. The number of hydrogen-bond donors (Lipinski definition) is 3. The van der Waals surface area contributed by atoms with Crippen molar-refractivity contribution < 1.29 is 9.59 Å². The number of imide groups is 1. The second kappa shape index (κ2) is 7.93. The maximum atomic E-state index is 12.7. The summed E-state index contributed by atoms with van der Waals surface area (Å²) in [5.74, 6) is 0.142. The van der Waals surface area contributed by atoms with E-state index in [0.717, 1.165) is 16.2 Å². The number of anilines is 3. The van der Waals surface area contributed by atoms with Crippen LogP contribution in [-0.4, -0.2) is 37.8 Å². The molecule has 0 aliphatic carbocycles. The molecule has 4 N–H and O–H groups in total. The molecule has 1 saturated heterocycles. The first-order valence-corrected chi connectivity index (χ1v) is 9.07. The Hall–Kier alpha value is -4.01. The topological polar surface area (TPSA) is 126 Å². The van der Waals surface area contributed by atoms with Gasteiger partial charge in [0.15, 0.2) is 5.82 Å². The van der Waals surface area contributed by atoms with Crippen LogP contribution in [0.3, 0.4) is 0 Å². The van der Waals surface area contributed by atoms with Gasteiger partial charge in [-0.1, -0.05) is 48.5 Å². The summed E-state index contributed by atoms with van der Waals surface area (Å²) < 4.78 is 0. The van der Waals surface area contributed by atoms with Crippen molar-refractivity contribution in [3.05, 3.63) is 72.1 Å². The van der Waals surface area contributed by atoms with Crippen molar-refractivity contribution in [2.24, 2.45) is 0 Å². The molecule has 3 aromatic rings. The maximum absolute atomic E-state index is 12.7. The van der Waals surface area contributed by atoms with Gasteiger partial charge in [0.05, 0.1) is 6.54 Å². The molecule has 1 aromatic heterocycles. The van der Waals surface area contributed by atoms with Crippen molar-refractivity contribution >= 4 is 29.5 Å². The lowest BCUT2D eigenvalue weighted by atomic mass is 10.1. The van der Waals surface area contributed by atoms with E-state index in [4.69, 9.17) is 5.73 Å². The molecular weight excluding hydrogens is 370 g/mol. The Morgan fingerprint density at radius 1 is 0.966 bits per heavy atom. The van der Waals surface area contributed by atoms with Crippen molar-refractivity contribution in [2.75, 3.05) is 11.1 Å². The fraction of sp³-hybridized carbons (Fsp3) is 0.150. The quantitative estimate of drug-likeness (QED) is 0.549. The standard InChI is InChI=1S/C20H19N7O2/c21-18-24-16(25-19(26-18)22-14-9-5-2-6-10-14)12-27-17(28)15(23-20(27)29)11-13-7-3-1-4-8-13/h1-10,15H,11-12H2,(H,23,29)(H3,21,22,24,25,26). The fourth-order valence-electron chi connectivity index (χ4n) is 3.07. The summed E-state index contributed by atoms with van der Waals surface area (Å²) in [6.45, 7) is -0.0911. The minimum absolute atomic E-state index is 0.00122. The number of aromatic nitrogens is 3. The molecule has 4 rings (SSSR count). The Balaban J connectivity index is 1.48. The Morgan fingerprint density at radius 2 is 1.66 bits per heavy atom. The van der Waals surface area contributed by atoms with Crippen molar-refractivity contribution in [1.29, 1.82) is 0 Å². The minimum Gasteiger partial charge on any atom is -0.368 e. The lowest BCUT2D eigenvalue weighted by molar-refractivity contribution is -0.127. The van der Waals surface area contributed by atoms with Gasteiger partial charge in [-0.2, -0.15) is 15.0 Å². The van der Waals surface area contributed by atoms with Crippen LogP contribution in [0.5, 0.6) is 0 Å². The first-order valence-electron chi connectivity index (χ1n) is 9.07. The van der Waals surface area contributed by atoms with Gasteiger partial charge in [0, 0.05) is 12.1 Å². The average Bonchev–Trinajstić information content (AvgIpc) is 2.96. The smallest absolute Gasteiger partial charge is 0.325 e. The highest BCUT2D eigenvalue weighted by Gasteiger charge is 2.38. The molecule has 1 atom stereocenters. The molecule has 2 heterocycles. The largest absolute Gasteiger partial charge is 0.368 e. The zero-order valence-electron chi connectivity index (χ0n) is 15.4. The van der Waals surface area contributed by atoms with Crippen LogP contribution in [0, 0.1) is 0 Å². The highest BCUT2D eigenvalue weighted by Crippen LogP contribution is 2.16. The molecule has 146 valence electrons. The van der Waals surface area contributed by atoms with E-state index in [1.807, 2.05) is 60.7 Å². The summed E-state index contributed by atoms with van der Waals surface area (Å²) in [4.78, 5) is 38.5. The molecule has 1 unspecified atom stereocenters. The number of para-hydroxylation sites is 1. The van der Waals surface area contributed by atoms with Gasteiger partial charge in [-0.3, -0.25) is 9.69 Å². The molecule has 2 aromatic carbocycles. The van der Waals surface area contributed by atoms with Crippen LogP contribution in [-0.2, 0) is 17.8 Å².